The molecule has 2 amide bonds. The summed E-state index contributed by atoms with van der Waals surface area (Å²) in [4.78, 5) is 25.2. The van der Waals surface area contributed by atoms with E-state index in [1.54, 1.807) is 7.05 Å². The minimum absolute atomic E-state index is 0.0823. The molecule has 0 spiro atoms. The maximum absolute atomic E-state index is 11.9. The molecule has 4 nitrogen and oxygen atoms in total. The maximum Gasteiger partial charge on any atom is 0.243 e. The summed E-state index contributed by atoms with van der Waals surface area (Å²) in [6.45, 7) is 2.17. The first-order valence-corrected chi connectivity index (χ1v) is 6.74. The molecular formula is C15H20N2O2. The molecule has 4 heteroatoms. The third-order valence-electron chi connectivity index (χ3n) is 3.36. The van der Waals surface area contributed by atoms with Crippen molar-refractivity contribution in [3.05, 3.63) is 29.8 Å². The highest BCUT2D eigenvalue weighted by atomic mass is 16.2. The summed E-state index contributed by atoms with van der Waals surface area (Å²) in [6.07, 6.45) is 2.79. The third-order valence-corrected chi connectivity index (χ3v) is 3.36. The normalized spacial score (nSPS) is 14.0. The van der Waals surface area contributed by atoms with Gasteiger partial charge in [0.05, 0.1) is 6.54 Å². The zero-order valence-electron chi connectivity index (χ0n) is 11.5. The molecule has 0 unspecified atom stereocenters. The van der Waals surface area contributed by atoms with Crippen LogP contribution in [0.1, 0.15) is 25.3 Å². The number of carbonyl (C=O) groups excluding carboxylic acids is 2. The van der Waals surface area contributed by atoms with Crippen LogP contribution in [0, 0.1) is 5.92 Å². The SMILES string of the molecule is CCc1ccccc1NC(=O)CN(C)C(=O)C1CC1. The highest BCUT2D eigenvalue weighted by molar-refractivity contribution is 5.95. The van der Waals surface area contributed by atoms with Gasteiger partial charge >= 0.3 is 0 Å². The highest BCUT2D eigenvalue weighted by Gasteiger charge is 2.32. The Kier molecular flexibility index (Phi) is 4.20. The van der Waals surface area contributed by atoms with Crippen LogP contribution in [0.2, 0.25) is 0 Å². The highest BCUT2D eigenvalue weighted by Crippen LogP contribution is 2.30. The summed E-state index contributed by atoms with van der Waals surface area (Å²) in [6, 6.07) is 7.74. The summed E-state index contributed by atoms with van der Waals surface area (Å²) >= 11 is 0. The number of benzene rings is 1. The van der Waals surface area contributed by atoms with Crippen LogP contribution in [0.25, 0.3) is 0 Å². The van der Waals surface area contributed by atoms with Crippen LogP contribution in [-0.2, 0) is 16.0 Å². The van der Waals surface area contributed by atoms with Crippen LogP contribution in [0.5, 0.6) is 0 Å². The van der Waals surface area contributed by atoms with Gasteiger partial charge < -0.3 is 10.2 Å². The smallest absolute Gasteiger partial charge is 0.243 e. The van der Waals surface area contributed by atoms with Gasteiger partial charge in [0.25, 0.3) is 0 Å². The Morgan fingerprint density at radius 3 is 2.63 bits per heavy atom. The molecule has 0 aliphatic heterocycles. The predicted octanol–water partition coefficient (Wildman–Crippen LogP) is 2.06. The van der Waals surface area contributed by atoms with Gasteiger partial charge in [0.1, 0.15) is 0 Å². The second kappa shape index (κ2) is 5.87. The number of rotatable bonds is 5. The van der Waals surface area contributed by atoms with Gasteiger partial charge in [-0.3, -0.25) is 9.59 Å². The predicted molar refractivity (Wildman–Crippen MR) is 74.8 cm³/mol. The third kappa shape index (κ3) is 3.56. The molecule has 1 fully saturated rings. The fraction of sp³-hybridized carbons (Fsp3) is 0.467. The molecule has 0 aromatic heterocycles. The molecule has 19 heavy (non-hydrogen) atoms. The van der Waals surface area contributed by atoms with E-state index >= 15 is 0 Å². The van der Waals surface area contributed by atoms with Crippen molar-refractivity contribution in [2.45, 2.75) is 26.2 Å². The van der Waals surface area contributed by atoms with Crippen molar-refractivity contribution in [2.75, 3.05) is 18.9 Å². The molecule has 2 rings (SSSR count). The van der Waals surface area contributed by atoms with Crippen molar-refractivity contribution in [2.24, 2.45) is 5.92 Å². The van der Waals surface area contributed by atoms with E-state index in [4.69, 9.17) is 0 Å². The van der Waals surface area contributed by atoms with Gasteiger partial charge in [-0.2, -0.15) is 0 Å². The number of carbonyl (C=O) groups is 2. The molecule has 0 heterocycles. The van der Waals surface area contributed by atoms with Crippen LogP contribution in [-0.4, -0.2) is 30.3 Å². The van der Waals surface area contributed by atoms with E-state index in [-0.39, 0.29) is 24.3 Å². The van der Waals surface area contributed by atoms with E-state index in [0.29, 0.717) is 0 Å². The molecule has 1 N–H and O–H groups in total. The number of nitrogens with one attached hydrogen (secondary N) is 1. The van der Waals surface area contributed by atoms with E-state index in [2.05, 4.69) is 5.32 Å². The van der Waals surface area contributed by atoms with Crippen LogP contribution >= 0.6 is 0 Å². The lowest BCUT2D eigenvalue weighted by atomic mass is 10.1. The van der Waals surface area contributed by atoms with Crippen molar-refractivity contribution in [3.8, 4) is 0 Å². The van der Waals surface area contributed by atoms with Gasteiger partial charge in [0.15, 0.2) is 0 Å². The first-order valence-electron chi connectivity index (χ1n) is 6.74. The van der Waals surface area contributed by atoms with Crippen molar-refractivity contribution >= 4 is 17.5 Å². The maximum atomic E-state index is 11.9. The molecular weight excluding hydrogens is 240 g/mol. The van der Waals surface area contributed by atoms with Gasteiger partial charge in [-0.15, -0.1) is 0 Å². The Morgan fingerprint density at radius 1 is 1.32 bits per heavy atom. The van der Waals surface area contributed by atoms with Crippen molar-refractivity contribution in [3.63, 3.8) is 0 Å². The molecule has 0 atom stereocenters. The summed E-state index contributed by atoms with van der Waals surface area (Å²) in [5.41, 5.74) is 1.94. The summed E-state index contributed by atoms with van der Waals surface area (Å²) in [5, 5.41) is 2.87. The minimum Gasteiger partial charge on any atom is -0.336 e. The lowest BCUT2D eigenvalue weighted by molar-refractivity contribution is -0.134. The lowest BCUT2D eigenvalue weighted by Crippen LogP contribution is -2.35. The van der Waals surface area contributed by atoms with Crippen LogP contribution in [0.4, 0.5) is 5.69 Å². The van der Waals surface area contributed by atoms with E-state index in [0.717, 1.165) is 30.5 Å². The number of hydrogen-bond acceptors (Lipinski definition) is 2. The molecule has 1 aliphatic carbocycles. The number of para-hydroxylation sites is 1. The number of anilines is 1. The standard InChI is InChI=1S/C15H20N2O2/c1-3-11-6-4-5-7-13(11)16-14(18)10-17(2)15(19)12-8-9-12/h4-7,12H,3,8-10H2,1-2H3,(H,16,18). The average Bonchev–Trinajstić information content (AvgIpc) is 3.22. The van der Waals surface area contributed by atoms with Crippen LogP contribution in [0.3, 0.4) is 0 Å². The summed E-state index contributed by atoms with van der Waals surface area (Å²) in [5.74, 6) is 0.0945. The number of likely N-dealkylation sites (N-methyl/N-ethyl adjacent to an activating group) is 1. The molecule has 0 bridgehead atoms. The number of aryl methyl sites for hydroxylation is 1. The lowest BCUT2D eigenvalue weighted by Gasteiger charge is -2.17. The largest absolute Gasteiger partial charge is 0.336 e. The summed E-state index contributed by atoms with van der Waals surface area (Å²) in [7, 11) is 1.69. The number of nitrogens with zero attached hydrogens (tertiary/aromatic N) is 1. The topological polar surface area (TPSA) is 49.4 Å². The Hall–Kier alpha value is -1.84. The van der Waals surface area contributed by atoms with E-state index < -0.39 is 0 Å². The first kappa shape index (κ1) is 13.6. The fourth-order valence-corrected chi connectivity index (χ4v) is 2.08. The molecule has 1 saturated carbocycles. The van der Waals surface area contributed by atoms with Gasteiger partial charge in [0, 0.05) is 18.7 Å². The average molecular weight is 260 g/mol. The van der Waals surface area contributed by atoms with Gasteiger partial charge in [-0.05, 0) is 30.9 Å². The van der Waals surface area contributed by atoms with Crippen LogP contribution in [0.15, 0.2) is 24.3 Å². The van der Waals surface area contributed by atoms with Gasteiger partial charge in [-0.25, -0.2) is 0 Å². The second-order valence-corrected chi connectivity index (χ2v) is 5.03. The Labute approximate surface area is 113 Å². The molecule has 1 aromatic rings. The Bertz CT molecular complexity index is 481. The number of hydrogen-bond donors (Lipinski definition) is 1. The van der Waals surface area contributed by atoms with E-state index in [1.807, 2.05) is 31.2 Å². The molecule has 0 radical (unpaired) electrons. The first-order chi connectivity index (χ1) is 9.11. The molecule has 102 valence electrons. The van der Waals surface area contributed by atoms with Gasteiger partial charge in [0.2, 0.25) is 11.8 Å². The number of amides is 2. The fourth-order valence-electron chi connectivity index (χ4n) is 2.08. The Balaban J connectivity index is 1.91. The quantitative estimate of drug-likeness (QED) is 0.881. The van der Waals surface area contributed by atoms with Crippen LogP contribution < -0.4 is 5.32 Å². The van der Waals surface area contributed by atoms with Gasteiger partial charge in [-0.1, -0.05) is 25.1 Å². The molecule has 1 aliphatic rings. The van der Waals surface area contributed by atoms with Crippen molar-refractivity contribution in [1.29, 1.82) is 0 Å². The van der Waals surface area contributed by atoms with Crippen molar-refractivity contribution < 1.29 is 9.59 Å². The minimum atomic E-state index is -0.141. The zero-order chi connectivity index (χ0) is 13.8. The van der Waals surface area contributed by atoms with Crippen molar-refractivity contribution in [1.82, 2.24) is 4.90 Å². The Morgan fingerprint density at radius 2 is 2.00 bits per heavy atom. The second-order valence-electron chi connectivity index (χ2n) is 5.03. The summed E-state index contributed by atoms with van der Waals surface area (Å²) < 4.78 is 0. The molecule has 0 saturated heterocycles. The van der Waals surface area contributed by atoms with E-state index in [9.17, 15) is 9.59 Å². The zero-order valence-corrected chi connectivity index (χ0v) is 11.5. The monoisotopic (exact) mass is 260 g/mol. The van der Waals surface area contributed by atoms with E-state index in [1.165, 1.54) is 4.90 Å². The molecule has 1 aromatic carbocycles.